The van der Waals surface area contributed by atoms with Crippen LogP contribution in [-0.4, -0.2) is 20.8 Å². The predicted octanol–water partition coefficient (Wildman–Crippen LogP) is 2.16. The second-order valence-electron chi connectivity index (χ2n) is 3.24. The zero-order valence-corrected chi connectivity index (χ0v) is 11.1. The lowest BCUT2D eigenvalue weighted by molar-refractivity contribution is 0.253. The normalized spacial score (nSPS) is 11.5. The van der Waals surface area contributed by atoms with E-state index in [1.54, 1.807) is 18.2 Å². The van der Waals surface area contributed by atoms with Gasteiger partial charge in [0.25, 0.3) is 0 Å². The van der Waals surface area contributed by atoms with Crippen molar-refractivity contribution < 1.29 is 19.1 Å². The van der Waals surface area contributed by atoms with Gasteiger partial charge in [0.2, 0.25) is 0 Å². The van der Waals surface area contributed by atoms with Gasteiger partial charge in [-0.3, -0.25) is 5.32 Å². The van der Waals surface area contributed by atoms with Crippen molar-refractivity contribution in [3.8, 4) is 0 Å². The molecule has 0 aliphatic carbocycles. The molecule has 7 nitrogen and oxygen atoms in total. The number of aromatic nitrogens is 1. The molecule has 0 unspecified atom stereocenters. The van der Waals surface area contributed by atoms with E-state index in [1.807, 2.05) is 0 Å². The second-order valence-corrected chi connectivity index (χ2v) is 6.02. The van der Waals surface area contributed by atoms with Crippen molar-refractivity contribution in [2.45, 2.75) is 0 Å². The zero-order valence-electron chi connectivity index (χ0n) is 8.62. The Morgan fingerprint density at radius 2 is 2.17 bits per heavy atom. The van der Waals surface area contributed by atoms with Crippen LogP contribution in [0.5, 0.6) is 0 Å². The number of nitrogens with zero attached hydrogens (tertiary/aromatic N) is 1. The largest absolute Gasteiger partial charge is 0.431 e. The van der Waals surface area contributed by atoms with Crippen molar-refractivity contribution in [2.75, 3.05) is 5.32 Å². The maximum atomic E-state index is 11.2. The van der Waals surface area contributed by atoms with Gasteiger partial charge in [0.15, 0.2) is 5.13 Å². The van der Waals surface area contributed by atoms with Crippen molar-refractivity contribution in [2.24, 2.45) is 0 Å². The van der Waals surface area contributed by atoms with Crippen LogP contribution in [0.1, 0.15) is 0 Å². The first-order valence-electron chi connectivity index (χ1n) is 4.54. The number of amides is 2. The molecule has 2 aromatic rings. The summed E-state index contributed by atoms with van der Waals surface area (Å²) in [5, 5.41) is 4.47. The number of hydrogen-bond acceptors (Lipinski definition) is 4. The average molecular weight is 308 g/mol. The summed E-state index contributed by atoms with van der Waals surface area (Å²) >= 11 is 6.94. The molecule has 2 rings (SSSR count). The highest BCUT2D eigenvalue weighted by Crippen LogP contribution is 2.30. The first kappa shape index (κ1) is 13.3. The molecule has 0 saturated heterocycles. The molecule has 4 N–H and O–H groups in total. The van der Waals surface area contributed by atoms with Gasteiger partial charge in [-0.05, 0) is 18.2 Å². The SMILES string of the molecule is O=C(Nc1nc2ccc(Cl)cc2s1)NP(=O)(O)O. The van der Waals surface area contributed by atoms with Gasteiger partial charge < -0.3 is 9.79 Å². The molecule has 0 atom stereocenters. The number of urea groups is 1. The van der Waals surface area contributed by atoms with Gasteiger partial charge >= 0.3 is 13.8 Å². The minimum atomic E-state index is -4.61. The Morgan fingerprint density at radius 1 is 1.44 bits per heavy atom. The topological polar surface area (TPSA) is 112 Å². The van der Waals surface area contributed by atoms with Crippen LogP contribution in [-0.2, 0) is 4.57 Å². The molecule has 2 amide bonds. The van der Waals surface area contributed by atoms with E-state index in [1.165, 1.54) is 5.09 Å². The Bertz CT molecular complexity index is 655. The van der Waals surface area contributed by atoms with Crippen molar-refractivity contribution in [1.29, 1.82) is 0 Å². The van der Waals surface area contributed by atoms with E-state index in [2.05, 4.69) is 10.3 Å². The molecular formula is C8H7ClN3O4PS. The highest BCUT2D eigenvalue weighted by Gasteiger charge is 2.17. The molecule has 96 valence electrons. The third-order valence-electron chi connectivity index (χ3n) is 1.82. The Morgan fingerprint density at radius 3 is 2.83 bits per heavy atom. The van der Waals surface area contributed by atoms with Crippen molar-refractivity contribution in [1.82, 2.24) is 10.1 Å². The Balaban J connectivity index is 2.17. The quantitative estimate of drug-likeness (QED) is 0.635. The molecule has 1 aromatic carbocycles. The van der Waals surface area contributed by atoms with Crippen LogP contribution in [0.25, 0.3) is 10.2 Å². The van der Waals surface area contributed by atoms with Crippen LogP contribution < -0.4 is 10.4 Å². The summed E-state index contributed by atoms with van der Waals surface area (Å²) in [4.78, 5) is 32.4. The summed E-state index contributed by atoms with van der Waals surface area (Å²) in [6, 6.07) is 4.00. The first-order chi connectivity index (χ1) is 8.33. The lowest BCUT2D eigenvalue weighted by Crippen LogP contribution is -2.25. The van der Waals surface area contributed by atoms with Crippen molar-refractivity contribution in [3.05, 3.63) is 23.2 Å². The van der Waals surface area contributed by atoms with Gasteiger partial charge in [-0.15, -0.1) is 0 Å². The first-order valence-corrected chi connectivity index (χ1v) is 7.35. The molecule has 0 spiro atoms. The van der Waals surface area contributed by atoms with E-state index in [0.717, 1.165) is 16.0 Å². The lowest BCUT2D eigenvalue weighted by Gasteiger charge is -2.05. The molecule has 0 aliphatic heterocycles. The Kier molecular flexibility index (Phi) is 3.56. The van der Waals surface area contributed by atoms with Crippen LogP contribution in [0.3, 0.4) is 0 Å². The van der Waals surface area contributed by atoms with E-state index in [-0.39, 0.29) is 5.13 Å². The number of anilines is 1. The molecule has 0 saturated carbocycles. The average Bonchev–Trinajstić information content (AvgIpc) is 2.55. The van der Waals surface area contributed by atoms with Gasteiger partial charge in [0.05, 0.1) is 10.2 Å². The fraction of sp³-hybridized carbons (Fsp3) is 0. The zero-order chi connectivity index (χ0) is 13.3. The molecule has 0 bridgehead atoms. The number of benzene rings is 1. The minimum absolute atomic E-state index is 0.221. The van der Waals surface area contributed by atoms with Gasteiger partial charge in [-0.25, -0.2) is 19.4 Å². The molecule has 0 radical (unpaired) electrons. The fourth-order valence-electron chi connectivity index (χ4n) is 1.21. The van der Waals surface area contributed by atoms with Crippen LogP contribution in [0, 0.1) is 0 Å². The van der Waals surface area contributed by atoms with Gasteiger partial charge in [0.1, 0.15) is 0 Å². The number of carbonyl (C=O) groups is 1. The van der Waals surface area contributed by atoms with E-state index in [0.29, 0.717) is 10.5 Å². The van der Waals surface area contributed by atoms with Gasteiger partial charge in [-0.1, -0.05) is 22.9 Å². The van der Waals surface area contributed by atoms with E-state index < -0.39 is 13.8 Å². The predicted molar refractivity (Wildman–Crippen MR) is 68.8 cm³/mol. The Labute approximate surface area is 110 Å². The molecule has 0 fully saturated rings. The molecule has 18 heavy (non-hydrogen) atoms. The van der Waals surface area contributed by atoms with Crippen LogP contribution >= 0.6 is 30.7 Å². The molecule has 0 aliphatic rings. The van der Waals surface area contributed by atoms with Gasteiger partial charge in [0, 0.05) is 5.02 Å². The lowest BCUT2D eigenvalue weighted by atomic mass is 10.3. The van der Waals surface area contributed by atoms with Crippen LogP contribution in [0.4, 0.5) is 9.93 Å². The number of halogens is 1. The summed E-state index contributed by atoms with van der Waals surface area (Å²) in [6.07, 6.45) is 0. The van der Waals surface area contributed by atoms with E-state index >= 15 is 0 Å². The van der Waals surface area contributed by atoms with Crippen LogP contribution in [0.2, 0.25) is 5.02 Å². The standard InChI is InChI=1S/C8H7ClN3O4PS/c9-4-1-2-5-6(3-4)18-8(10-5)11-7(13)12-17(14,15)16/h1-3H,(H4,10,11,12,13,14,15,16). The Hall–Kier alpha value is -1.18. The summed E-state index contributed by atoms with van der Waals surface area (Å²) in [7, 11) is -4.61. The summed E-state index contributed by atoms with van der Waals surface area (Å²) in [5.41, 5.74) is 0.635. The number of rotatable bonds is 2. The molecule has 10 heteroatoms. The smallest absolute Gasteiger partial charge is 0.308 e. The monoisotopic (exact) mass is 307 g/mol. The number of hydrogen-bond donors (Lipinski definition) is 4. The molecule has 1 aromatic heterocycles. The number of thiazole rings is 1. The minimum Gasteiger partial charge on any atom is -0.308 e. The molecular weight excluding hydrogens is 301 g/mol. The van der Waals surface area contributed by atoms with Crippen molar-refractivity contribution in [3.63, 3.8) is 0 Å². The summed E-state index contributed by atoms with van der Waals surface area (Å²) in [6.45, 7) is 0. The fourth-order valence-corrected chi connectivity index (χ4v) is 2.67. The number of carbonyl (C=O) groups excluding carboxylic acids is 1. The van der Waals surface area contributed by atoms with Gasteiger partial charge in [-0.2, -0.15) is 0 Å². The van der Waals surface area contributed by atoms with Crippen LogP contribution in [0.15, 0.2) is 18.2 Å². The highest BCUT2D eigenvalue weighted by atomic mass is 35.5. The second kappa shape index (κ2) is 4.83. The highest BCUT2D eigenvalue weighted by molar-refractivity contribution is 7.50. The summed E-state index contributed by atoms with van der Waals surface area (Å²) in [5.74, 6) is 0. The third-order valence-corrected chi connectivity index (χ3v) is 3.48. The summed E-state index contributed by atoms with van der Waals surface area (Å²) < 4.78 is 11.3. The van der Waals surface area contributed by atoms with E-state index in [4.69, 9.17) is 21.4 Å². The third kappa shape index (κ3) is 3.41. The maximum absolute atomic E-state index is 11.2. The van der Waals surface area contributed by atoms with Crippen molar-refractivity contribution >= 4 is 52.1 Å². The molecule has 1 heterocycles. The number of nitrogens with one attached hydrogen (secondary N) is 2. The maximum Gasteiger partial charge on any atom is 0.431 e. The number of fused-ring (bicyclic) bond motifs is 1. The van der Waals surface area contributed by atoms with E-state index in [9.17, 15) is 9.36 Å².